The molecule has 7 heteroatoms. The van der Waals surface area contributed by atoms with Crippen molar-refractivity contribution in [3.05, 3.63) is 36.5 Å². The molecule has 0 aliphatic carbocycles. The summed E-state index contributed by atoms with van der Waals surface area (Å²) in [5.41, 5.74) is 0. The Morgan fingerprint density at radius 2 is 1.84 bits per heavy atom. The van der Waals surface area contributed by atoms with Crippen LogP contribution in [0.5, 0.6) is 5.75 Å². The molecule has 0 bridgehead atoms. The first-order valence-electron chi connectivity index (χ1n) is 5.75. The molecule has 102 valence electrons. The van der Waals surface area contributed by atoms with E-state index in [1.54, 1.807) is 10.7 Å². The third-order valence-electron chi connectivity index (χ3n) is 2.55. The average molecular weight is 281 g/mol. The highest BCUT2D eigenvalue weighted by atomic mass is 32.2. The fourth-order valence-corrected chi connectivity index (χ4v) is 2.68. The van der Waals surface area contributed by atoms with E-state index in [0.29, 0.717) is 5.82 Å². The summed E-state index contributed by atoms with van der Waals surface area (Å²) in [6.45, 7) is 3.82. The van der Waals surface area contributed by atoms with Gasteiger partial charge in [0.2, 0.25) is 0 Å². The number of aromatic nitrogens is 2. The Balaban J connectivity index is 2.31. The first-order chi connectivity index (χ1) is 8.90. The maximum absolute atomic E-state index is 12.2. The summed E-state index contributed by atoms with van der Waals surface area (Å²) in [7, 11) is -3.68. The molecule has 0 fully saturated rings. The van der Waals surface area contributed by atoms with Gasteiger partial charge in [-0.25, -0.2) is 13.1 Å². The van der Waals surface area contributed by atoms with E-state index in [1.165, 1.54) is 30.5 Å². The quantitative estimate of drug-likeness (QED) is 0.897. The number of rotatable bonds is 4. The minimum Gasteiger partial charge on any atom is -0.508 e. The van der Waals surface area contributed by atoms with E-state index in [2.05, 4.69) is 9.82 Å². The first-order valence-corrected chi connectivity index (χ1v) is 7.24. The molecule has 0 aliphatic heterocycles. The van der Waals surface area contributed by atoms with Crippen LogP contribution >= 0.6 is 0 Å². The van der Waals surface area contributed by atoms with Crippen molar-refractivity contribution >= 4 is 15.8 Å². The number of benzene rings is 1. The fourth-order valence-electron chi connectivity index (χ4n) is 1.63. The largest absolute Gasteiger partial charge is 0.508 e. The number of nitrogens with one attached hydrogen (secondary N) is 1. The third kappa shape index (κ3) is 2.87. The molecule has 2 N–H and O–H groups in total. The van der Waals surface area contributed by atoms with Crippen molar-refractivity contribution in [3.63, 3.8) is 0 Å². The van der Waals surface area contributed by atoms with Crippen molar-refractivity contribution in [2.45, 2.75) is 24.8 Å². The molecular formula is C12H15N3O3S. The number of nitrogens with zero attached hydrogens (tertiary/aromatic N) is 2. The van der Waals surface area contributed by atoms with Crippen LogP contribution in [0.15, 0.2) is 41.4 Å². The smallest absolute Gasteiger partial charge is 0.263 e. The highest BCUT2D eigenvalue weighted by Gasteiger charge is 2.17. The van der Waals surface area contributed by atoms with Crippen LogP contribution in [-0.4, -0.2) is 23.3 Å². The predicted octanol–water partition coefficient (Wildman–Crippen LogP) is 1.97. The lowest BCUT2D eigenvalue weighted by Gasteiger charge is -2.13. The minimum absolute atomic E-state index is 0.0196. The van der Waals surface area contributed by atoms with Gasteiger partial charge in [0.15, 0.2) is 0 Å². The Labute approximate surface area is 111 Å². The van der Waals surface area contributed by atoms with Gasteiger partial charge in [0.1, 0.15) is 11.6 Å². The highest BCUT2D eigenvalue weighted by Crippen LogP contribution is 2.20. The maximum atomic E-state index is 12.2. The van der Waals surface area contributed by atoms with Crippen LogP contribution in [0.3, 0.4) is 0 Å². The van der Waals surface area contributed by atoms with Crippen molar-refractivity contribution in [2.75, 3.05) is 4.72 Å². The van der Waals surface area contributed by atoms with Gasteiger partial charge in [0, 0.05) is 12.1 Å². The van der Waals surface area contributed by atoms with Crippen LogP contribution in [0.4, 0.5) is 5.82 Å². The van der Waals surface area contributed by atoms with E-state index >= 15 is 0 Å². The SMILES string of the molecule is CC(C)n1nccc1NS(=O)(=O)c1ccc(O)cc1. The van der Waals surface area contributed by atoms with Crippen molar-refractivity contribution in [2.24, 2.45) is 0 Å². The number of hydrogen-bond acceptors (Lipinski definition) is 4. The Kier molecular flexibility index (Phi) is 3.48. The van der Waals surface area contributed by atoms with Crippen molar-refractivity contribution < 1.29 is 13.5 Å². The zero-order valence-corrected chi connectivity index (χ0v) is 11.4. The van der Waals surface area contributed by atoms with E-state index in [1.807, 2.05) is 13.8 Å². The number of hydrogen-bond donors (Lipinski definition) is 2. The van der Waals surface area contributed by atoms with Gasteiger partial charge in [-0.2, -0.15) is 5.10 Å². The summed E-state index contributed by atoms with van der Waals surface area (Å²) in [4.78, 5) is 0.0850. The molecule has 2 rings (SSSR count). The van der Waals surface area contributed by atoms with Gasteiger partial charge in [0.05, 0.1) is 11.1 Å². The molecule has 0 spiro atoms. The van der Waals surface area contributed by atoms with Crippen LogP contribution in [0, 0.1) is 0 Å². The molecule has 0 radical (unpaired) electrons. The number of sulfonamides is 1. The molecule has 0 saturated carbocycles. The Morgan fingerprint density at radius 1 is 1.21 bits per heavy atom. The monoisotopic (exact) mass is 281 g/mol. The number of phenols is 1. The molecule has 1 heterocycles. The predicted molar refractivity (Wildman–Crippen MR) is 71.5 cm³/mol. The molecule has 0 unspecified atom stereocenters. The molecule has 1 aromatic carbocycles. The fraction of sp³-hybridized carbons (Fsp3) is 0.250. The van der Waals surface area contributed by atoms with Gasteiger partial charge in [0.25, 0.3) is 10.0 Å². The summed E-state index contributed by atoms with van der Waals surface area (Å²) in [5.74, 6) is 0.425. The summed E-state index contributed by atoms with van der Waals surface area (Å²) >= 11 is 0. The second kappa shape index (κ2) is 4.93. The van der Waals surface area contributed by atoms with E-state index in [9.17, 15) is 8.42 Å². The summed E-state index contributed by atoms with van der Waals surface area (Å²) in [6, 6.07) is 6.98. The van der Waals surface area contributed by atoms with Crippen LogP contribution in [0.25, 0.3) is 0 Å². The van der Waals surface area contributed by atoms with Crippen LogP contribution in [-0.2, 0) is 10.0 Å². The van der Waals surface area contributed by atoms with Gasteiger partial charge in [-0.3, -0.25) is 4.72 Å². The first kappa shape index (κ1) is 13.4. The standard InChI is InChI=1S/C12H15N3O3S/c1-9(2)15-12(7-8-13-15)14-19(17,18)11-5-3-10(16)4-6-11/h3-9,14,16H,1-2H3. The number of aromatic hydroxyl groups is 1. The topological polar surface area (TPSA) is 84.2 Å². The lowest BCUT2D eigenvalue weighted by Crippen LogP contribution is -2.17. The maximum Gasteiger partial charge on any atom is 0.263 e. The van der Waals surface area contributed by atoms with Crippen molar-refractivity contribution in [1.82, 2.24) is 9.78 Å². The molecule has 19 heavy (non-hydrogen) atoms. The number of anilines is 1. The van der Waals surface area contributed by atoms with E-state index < -0.39 is 10.0 Å². The Morgan fingerprint density at radius 3 is 2.42 bits per heavy atom. The van der Waals surface area contributed by atoms with Crippen molar-refractivity contribution in [1.29, 1.82) is 0 Å². The van der Waals surface area contributed by atoms with Crippen LogP contribution in [0.1, 0.15) is 19.9 Å². The summed E-state index contributed by atoms with van der Waals surface area (Å²) < 4.78 is 28.4. The summed E-state index contributed by atoms with van der Waals surface area (Å²) in [5, 5.41) is 13.2. The van der Waals surface area contributed by atoms with Gasteiger partial charge >= 0.3 is 0 Å². The molecule has 0 aliphatic rings. The zero-order chi connectivity index (χ0) is 14.0. The van der Waals surface area contributed by atoms with E-state index in [4.69, 9.17) is 5.11 Å². The molecule has 0 atom stereocenters. The van der Waals surface area contributed by atoms with Crippen molar-refractivity contribution in [3.8, 4) is 5.75 Å². The normalized spacial score (nSPS) is 11.7. The molecule has 6 nitrogen and oxygen atoms in total. The van der Waals surface area contributed by atoms with Crippen LogP contribution in [0.2, 0.25) is 0 Å². The Hall–Kier alpha value is -2.02. The number of phenolic OH excluding ortho intramolecular Hbond substituents is 1. The van der Waals surface area contributed by atoms with Gasteiger partial charge in [-0.15, -0.1) is 0 Å². The van der Waals surface area contributed by atoms with Gasteiger partial charge < -0.3 is 5.11 Å². The third-order valence-corrected chi connectivity index (χ3v) is 3.92. The zero-order valence-electron chi connectivity index (χ0n) is 10.6. The molecule has 0 amide bonds. The lowest BCUT2D eigenvalue weighted by atomic mass is 10.3. The second-order valence-corrected chi connectivity index (χ2v) is 6.04. The molecule has 2 aromatic rings. The molecule has 1 aromatic heterocycles. The minimum atomic E-state index is -3.68. The lowest BCUT2D eigenvalue weighted by molar-refractivity contribution is 0.475. The summed E-state index contributed by atoms with van der Waals surface area (Å²) in [6.07, 6.45) is 1.54. The van der Waals surface area contributed by atoms with Crippen LogP contribution < -0.4 is 4.72 Å². The van der Waals surface area contributed by atoms with Gasteiger partial charge in [-0.1, -0.05) is 0 Å². The highest BCUT2D eigenvalue weighted by molar-refractivity contribution is 7.92. The molecular weight excluding hydrogens is 266 g/mol. The average Bonchev–Trinajstić information content (AvgIpc) is 2.77. The van der Waals surface area contributed by atoms with Gasteiger partial charge in [-0.05, 0) is 38.1 Å². The van der Waals surface area contributed by atoms with E-state index in [-0.39, 0.29) is 16.7 Å². The second-order valence-electron chi connectivity index (χ2n) is 4.35. The molecule has 0 saturated heterocycles. The Bertz CT molecular complexity index is 660. The van der Waals surface area contributed by atoms with E-state index in [0.717, 1.165) is 0 Å².